The van der Waals surface area contributed by atoms with Crippen LogP contribution in [0.1, 0.15) is 79.2 Å². The predicted octanol–water partition coefficient (Wildman–Crippen LogP) is 13.0. The highest BCUT2D eigenvalue weighted by molar-refractivity contribution is 6.42. The molecular formula is C78H82Cl2F5N19O12. The second-order valence-corrected chi connectivity index (χ2v) is 27.7. The van der Waals surface area contributed by atoms with Crippen molar-refractivity contribution in [2.45, 2.75) is 108 Å². The van der Waals surface area contributed by atoms with Crippen molar-refractivity contribution in [3.63, 3.8) is 0 Å². The van der Waals surface area contributed by atoms with Gasteiger partial charge in [0.15, 0.2) is 23.1 Å². The summed E-state index contributed by atoms with van der Waals surface area (Å²) in [6.07, 6.45) is 12.4. The number of pyridine rings is 1. The zero-order chi connectivity index (χ0) is 83.6. The molecule has 2 unspecified atom stereocenters. The number of fused-ring (bicyclic) bond motifs is 3. The number of halogens is 7. The number of aryl methyl sites for hydroxylation is 1. The summed E-state index contributed by atoms with van der Waals surface area (Å²) in [5.41, 5.74) is 1.72. The molecule has 38 heteroatoms. The van der Waals surface area contributed by atoms with E-state index in [1.54, 1.807) is 62.0 Å². The molecule has 0 bridgehead atoms. The lowest BCUT2D eigenvalue weighted by molar-refractivity contribution is -0.137. The van der Waals surface area contributed by atoms with Crippen LogP contribution in [0.4, 0.5) is 100 Å². The summed E-state index contributed by atoms with van der Waals surface area (Å²) in [7, 11) is 11.2. The van der Waals surface area contributed by atoms with Gasteiger partial charge in [0.05, 0.1) is 90.0 Å². The molecule has 610 valence electrons. The monoisotopic (exact) mass is 1640 g/mol. The number of hydrogen-bond acceptors (Lipinski definition) is 21. The van der Waals surface area contributed by atoms with E-state index in [2.05, 4.69) is 76.6 Å². The van der Waals surface area contributed by atoms with Gasteiger partial charge in [-0.25, -0.2) is 38.1 Å². The smallest absolute Gasteiger partial charge is 0.416 e. The topological polar surface area (TPSA) is 340 Å². The Morgan fingerprint density at radius 3 is 1.50 bits per heavy atom. The minimum absolute atomic E-state index is 0.00923. The zero-order valence-electron chi connectivity index (χ0n) is 64.2. The first-order valence-electron chi connectivity index (χ1n) is 36.1. The Labute approximate surface area is 672 Å². The molecule has 4 atom stereocenters. The average Bonchev–Trinajstić information content (AvgIpc) is 0.761. The number of alkyl halides is 3. The number of amides is 9. The van der Waals surface area contributed by atoms with Crippen LogP contribution in [-0.2, 0) is 53.8 Å². The second kappa shape index (κ2) is 36.5. The lowest BCUT2D eigenvalue weighted by atomic mass is 9.90. The molecule has 7 heterocycles. The summed E-state index contributed by atoms with van der Waals surface area (Å²) in [6.45, 7) is 10.4. The van der Waals surface area contributed by atoms with Crippen molar-refractivity contribution in [1.29, 1.82) is 0 Å². The first-order valence-corrected chi connectivity index (χ1v) is 36.9. The number of methoxy groups -OCH3 is 5. The van der Waals surface area contributed by atoms with Gasteiger partial charge >= 0.3 is 24.3 Å². The highest BCUT2D eigenvalue weighted by Crippen LogP contribution is 2.49. The quantitative estimate of drug-likeness (QED) is 0.0271. The standard InChI is InChI=1S/C30H33Cl2N7O5.C24H27F3N6O3.C24H22F2N6O4/c1-5-23(40)34-19-8-6-7-9-20(19)35-29-33-14-18-16-38(27-25(31)21(43-3)13-22(44-4)26(27)32)30(42)39(28(18)36-29)15-17-10-11-37(2)24(41)12-17;1-4-20(34)29-18-7-5-6-8-19(18)30-22-28-12-14-13-33(23(35)32(2)21(14)31-22)16-9-15(24(25,26)27)10-17(11-16)36-3;1-5-18(33)28-14-8-6-7-9-15(14)29-23-27-11-13-12-32(24(34)31(2)22(13)30-23)21-19(25)16(35-3)10-17(36-4)20(21)26/h5,10-14,19-20H,1,6-9,15-16H2,2-4H3,(H,34,40)(H,33,35,36);4,9-12,18-19H,1,5-8,13H2,2-3H3,(H,29,34)(H,28,30,31);5-11H,1,12H2,2-4H3,(H,28,33)(H,27,29,30)/t;18-,19+;/m.0./s1. The van der Waals surface area contributed by atoms with Crippen LogP contribution in [0, 0.1) is 11.6 Å². The number of aromatic nitrogens is 7. The van der Waals surface area contributed by atoms with Crippen LogP contribution in [0.25, 0.3) is 0 Å². The van der Waals surface area contributed by atoms with Gasteiger partial charge in [0.2, 0.25) is 35.6 Å². The van der Waals surface area contributed by atoms with Crippen LogP contribution in [-0.4, -0.2) is 144 Å². The lowest BCUT2D eigenvalue weighted by Crippen LogP contribution is -2.49. The Balaban J connectivity index is 0.000000172. The highest BCUT2D eigenvalue weighted by atomic mass is 35.5. The van der Waals surface area contributed by atoms with E-state index in [9.17, 15) is 46.7 Å². The fourth-order valence-corrected chi connectivity index (χ4v) is 14.3. The summed E-state index contributed by atoms with van der Waals surface area (Å²) in [4.78, 5) is 123. The summed E-state index contributed by atoms with van der Waals surface area (Å²) < 4.78 is 97.6. The molecule has 0 saturated heterocycles. The zero-order valence-corrected chi connectivity index (χ0v) is 65.7. The summed E-state index contributed by atoms with van der Waals surface area (Å²) in [5.74, 6) is -1.26. The van der Waals surface area contributed by atoms with E-state index in [0.717, 1.165) is 85.4 Å². The SMILES string of the molecule is C=CC(=O)NC1CCCCC1Nc1ncc2c(n1)N(Cc1ccn(C)c(=O)c1)C(=O)N(c1c(Cl)c(OC)cc(OC)c1Cl)C2.C=CC(=O)N[C@H]1CCCC[C@H]1Nc1ncc2c(n1)N(C)C(=O)N(c1cc(OC)cc(C(F)(F)F)c1)C2.C=CC(=O)Nc1ccccc1Nc1ncc2c(n1)N(C)C(=O)N(c1c(F)c(OC)cc(OC)c1F)C2. The first-order chi connectivity index (χ1) is 55.5. The Kier molecular flexibility index (Phi) is 26.5. The molecule has 4 aromatic heterocycles. The maximum Gasteiger partial charge on any atom is 0.416 e. The van der Waals surface area contributed by atoms with Crippen LogP contribution in [0.3, 0.4) is 0 Å². The van der Waals surface area contributed by atoms with Gasteiger partial charge in [0.1, 0.15) is 50.4 Å². The van der Waals surface area contributed by atoms with Gasteiger partial charge in [0.25, 0.3) is 5.56 Å². The first kappa shape index (κ1) is 84.1. The van der Waals surface area contributed by atoms with Crippen LogP contribution in [0.5, 0.6) is 28.7 Å². The fourth-order valence-electron chi connectivity index (χ4n) is 13.6. The molecule has 3 aliphatic heterocycles. The number of benzene rings is 4. The van der Waals surface area contributed by atoms with E-state index in [1.807, 2.05) is 0 Å². The number of nitrogens with zero attached hydrogens (tertiary/aromatic N) is 13. The number of anilines is 11. The van der Waals surface area contributed by atoms with Gasteiger partial charge in [-0.1, -0.05) is 80.8 Å². The number of nitrogens with one attached hydrogen (secondary N) is 6. The average molecular weight is 1640 g/mol. The van der Waals surface area contributed by atoms with Crippen molar-refractivity contribution in [3.05, 3.63) is 189 Å². The molecule has 2 fully saturated rings. The second-order valence-electron chi connectivity index (χ2n) is 26.9. The van der Waals surface area contributed by atoms with E-state index < -0.39 is 53.1 Å². The number of carbonyl (C=O) groups is 6. The van der Waals surface area contributed by atoms with Crippen LogP contribution in [0.2, 0.25) is 10.0 Å². The van der Waals surface area contributed by atoms with Gasteiger partial charge in [-0.15, -0.1) is 0 Å². The Morgan fingerprint density at radius 2 is 1.00 bits per heavy atom. The molecule has 31 nitrogen and oxygen atoms in total. The van der Waals surface area contributed by atoms with E-state index in [-0.39, 0.29) is 130 Å². The van der Waals surface area contributed by atoms with Crippen molar-refractivity contribution in [1.82, 2.24) is 45.1 Å². The molecule has 2 saturated carbocycles. The summed E-state index contributed by atoms with van der Waals surface area (Å²) >= 11 is 13.4. The van der Waals surface area contributed by atoms with E-state index in [1.165, 1.54) is 104 Å². The van der Waals surface area contributed by atoms with Crippen molar-refractivity contribution >= 4 is 123 Å². The molecule has 116 heavy (non-hydrogen) atoms. The fraction of sp³-hybridized carbons (Fsp3) is 0.321. The normalized spacial score (nSPS) is 16.9. The number of hydrogen-bond donors (Lipinski definition) is 6. The van der Waals surface area contributed by atoms with E-state index in [0.29, 0.717) is 57.2 Å². The number of carbonyl (C=O) groups excluding carboxylic acids is 6. The highest BCUT2D eigenvalue weighted by Gasteiger charge is 2.41. The van der Waals surface area contributed by atoms with Crippen molar-refractivity contribution in [2.24, 2.45) is 7.05 Å². The number of rotatable bonds is 22. The molecule has 0 spiro atoms. The predicted molar refractivity (Wildman–Crippen MR) is 427 cm³/mol. The molecular weight excluding hydrogens is 1560 g/mol. The third-order valence-electron chi connectivity index (χ3n) is 19.6. The summed E-state index contributed by atoms with van der Waals surface area (Å²) in [5, 5.41) is 18.5. The van der Waals surface area contributed by atoms with Crippen molar-refractivity contribution < 1.29 is 74.4 Å². The minimum Gasteiger partial charge on any atom is -0.497 e. The van der Waals surface area contributed by atoms with Gasteiger partial charge in [-0.2, -0.15) is 28.1 Å². The Hall–Kier alpha value is -12.9. The molecule has 2 aliphatic carbocycles. The lowest BCUT2D eigenvalue weighted by Gasteiger charge is -2.37. The maximum absolute atomic E-state index is 15.1. The molecule has 6 N–H and O–H groups in total. The third kappa shape index (κ3) is 18.5. The van der Waals surface area contributed by atoms with Gasteiger partial charge < -0.3 is 60.2 Å². The minimum atomic E-state index is -4.60. The number of para-hydroxylation sites is 2. The van der Waals surface area contributed by atoms with Crippen molar-refractivity contribution in [3.8, 4) is 28.7 Å². The van der Waals surface area contributed by atoms with Gasteiger partial charge in [-0.3, -0.25) is 48.6 Å². The van der Waals surface area contributed by atoms with Gasteiger partial charge in [-0.05, 0) is 79.8 Å². The van der Waals surface area contributed by atoms with Crippen LogP contribution < -0.4 is 90.5 Å². The molecule has 13 rings (SSSR count). The van der Waals surface area contributed by atoms with Crippen molar-refractivity contribution in [2.75, 3.05) is 100 Å². The number of urea groups is 3. The molecule has 4 aromatic carbocycles. The van der Waals surface area contributed by atoms with E-state index in [4.69, 9.17) is 51.9 Å². The Bertz CT molecular complexity index is 5140. The molecule has 9 amide bonds. The number of ether oxygens (including phenoxy) is 5. The summed E-state index contributed by atoms with van der Waals surface area (Å²) in [6, 6.07) is 13.7. The molecule has 0 radical (unpaired) electrons. The van der Waals surface area contributed by atoms with Crippen LogP contribution in [0.15, 0.2) is 134 Å². The maximum atomic E-state index is 15.1. The molecule has 8 aromatic rings. The largest absolute Gasteiger partial charge is 0.497 e. The Morgan fingerprint density at radius 1 is 0.543 bits per heavy atom. The van der Waals surface area contributed by atoms with Gasteiger partial charge in [0, 0.05) is 111 Å². The molecule has 5 aliphatic rings. The van der Waals surface area contributed by atoms with Crippen LogP contribution >= 0.6 is 23.2 Å². The van der Waals surface area contributed by atoms with E-state index >= 15 is 8.78 Å². The third-order valence-corrected chi connectivity index (χ3v) is 20.3.